The smallest absolute Gasteiger partial charge is 0.146 e. The minimum atomic E-state index is 0.314. The Labute approximate surface area is 115 Å². The summed E-state index contributed by atoms with van der Waals surface area (Å²) in [7, 11) is 4.82. The molecule has 116 valence electrons. The van der Waals surface area contributed by atoms with Gasteiger partial charge in [0.1, 0.15) is 20.4 Å². The summed E-state index contributed by atoms with van der Waals surface area (Å²) in [5.74, 6) is 0. The highest BCUT2D eigenvalue weighted by Gasteiger charge is 2.05. The van der Waals surface area contributed by atoms with Gasteiger partial charge in [0, 0.05) is 41.0 Å². The Balaban J connectivity index is 3.66. The van der Waals surface area contributed by atoms with E-state index in [9.17, 15) is 0 Å². The molecular weight excluding hydrogens is 254 g/mol. The third-order valence-electron chi connectivity index (χ3n) is 2.26. The van der Waals surface area contributed by atoms with E-state index >= 15 is 0 Å². The predicted molar refractivity (Wildman–Crippen MR) is 69.9 cm³/mol. The van der Waals surface area contributed by atoms with Gasteiger partial charge in [0.2, 0.25) is 0 Å². The number of ether oxygens (including phenoxy) is 6. The van der Waals surface area contributed by atoms with E-state index in [0.717, 1.165) is 19.6 Å². The number of nitrogens with zero attached hydrogens (tertiary/aromatic N) is 1. The Morgan fingerprint density at radius 1 is 0.579 bits per heavy atom. The maximum Gasteiger partial charge on any atom is 0.146 e. The molecule has 0 N–H and O–H groups in total. The van der Waals surface area contributed by atoms with Crippen LogP contribution in [-0.2, 0) is 28.4 Å². The van der Waals surface area contributed by atoms with Crippen LogP contribution < -0.4 is 0 Å². The molecule has 0 atom stereocenters. The van der Waals surface area contributed by atoms with E-state index in [0.29, 0.717) is 40.2 Å². The van der Waals surface area contributed by atoms with Gasteiger partial charge < -0.3 is 28.4 Å². The van der Waals surface area contributed by atoms with Crippen LogP contribution in [0.2, 0.25) is 0 Å². The van der Waals surface area contributed by atoms with Crippen molar-refractivity contribution in [2.24, 2.45) is 0 Å². The van der Waals surface area contributed by atoms with Crippen molar-refractivity contribution in [2.45, 2.75) is 0 Å². The van der Waals surface area contributed by atoms with Crippen LogP contribution in [0.1, 0.15) is 0 Å². The molecule has 0 aromatic rings. The average Bonchev–Trinajstić information content (AvgIpc) is 2.43. The summed E-state index contributed by atoms with van der Waals surface area (Å²) in [4.78, 5) is 2.20. The molecule has 7 nitrogen and oxygen atoms in total. The van der Waals surface area contributed by atoms with Crippen LogP contribution in [0.25, 0.3) is 0 Å². The molecule has 19 heavy (non-hydrogen) atoms. The Bertz CT molecular complexity index is 144. The normalized spacial score (nSPS) is 11.4. The molecule has 0 saturated carbocycles. The molecule has 0 aromatic heterocycles. The Kier molecular flexibility index (Phi) is 15.5. The highest BCUT2D eigenvalue weighted by atomic mass is 16.7. The van der Waals surface area contributed by atoms with Gasteiger partial charge in [-0.05, 0) is 0 Å². The first kappa shape index (κ1) is 18.7. The zero-order chi connectivity index (χ0) is 14.2. The summed E-state index contributed by atoms with van der Waals surface area (Å²) >= 11 is 0. The van der Waals surface area contributed by atoms with Gasteiger partial charge >= 0.3 is 0 Å². The minimum absolute atomic E-state index is 0.314. The SMILES string of the molecule is COCOCCN(CCOCOC)CCOCOC. The van der Waals surface area contributed by atoms with Crippen molar-refractivity contribution in [3.63, 3.8) is 0 Å². The standard InChI is InChI=1S/C12H27NO6/c1-14-10-17-7-4-13(5-8-18-11-15-2)6-9-19-12-16-3/h4-12H2,1-3H3. The molecule has 0 aromatic carbocycles. The van der Waals surface area contributed by atoms with Crippen LogP contribution >= 0.6 is 0 Å². The van der Waals surface area contributed by atoms with Crippen molar-refractivity contribution in [3.8, 4) is 0 Å². The molecule has 7 heteroatoms. The molecule has 0 radical (unpaired) electrons. The average molecular weight is 281 g/mol. The number of hydrogen-bond donors (Lipinski definition) is 0. The third kappa shape index (κ3) is 13.9. The zero-order valence-electron chi connectivity index (χ0n) is 12.3. The molecule has 0 spiro atoms. The van der Waals surface area contributed by atoms with Gasteiger partial charge in [-0.1, -0.05) is 0 Å². The molecule has 0 aliphatic carbocycles. The summed E-state index contributed by atoms with van der Waals surface area (Å²) in [6.07, 6.45) is 0. The summed E-state index contributed by atoms with van der Waals surface area (Å²) < 4.78 is 30.3. The topological polar surface area (TPSA) is 58.6 Å². The fourth-order valence-corrected chi connectivity index (χ4v) is 1.34. The van der Waals surface area contributed by atoms with Gasteiger partial charge in [-0.25, -0.2) is 0 Å². The van der Waals surface area contributed by atoms with Crippen LogP contribution in [-0.4, -0.2) is 86.1 Å². The van der Waals surface area contributed by atoms with Crippen molar-refractivity contribution in [2.75, 3.05) is 81.2 Å². The summed E-state index contributed by atoms with van der Waals surface area (Å²) in [5.41, 5.74) is 0. The monoisotopic (exact) mass is 281 g/mol. The van der Waals surface area contributed by atoms with E-state index in [2.05, 4.69) is 4.90 Å². The fourth-order valence-electron chi connectivity index (χ4n) is 1.34. The van der Waals surface area contributed by atoms with Gasteiger partial charge in [-0.15, -0.1) is 0 Å². The second kappa shape index (κ2) is 15.8. The van der Waals surface area contributed by atoms with Crippen LogP contribution in [0.4, 0.5) is 0 Å². The Morgan fingerprint density at radius 2 is 0.895 bits per heavy atom. The van der Waals surface area contributed by atoms with E-state index in [-0.39, 0.29) is 0 Å². The minimum Gasteiger partial charge on any atom is -0.359 e. The van der Waals surface area contributed by atoms with E-state index in [1.807, 2.05) is 0 Å². The second-order valence-electron chi connectivity index (χ2n) is 3.79. The fraction of sp³-hybridized carbons (Fsp3) is 1.00. The Morgan fingerprint density at radius 3 is 1.16 bits per heavy atom. The lowest BCUT2D eigenvalue weighted by atomic mass is 10.4. The Hall–Kier alpha value is -0.280. The van der Waals surface area contributed by atoms with Gasteiger partial charge in [0.05, 0.1) is 19.8 Å². The summed E-state index contributed by atoms with van der Waals surface area (Å²) in [5, 5.41) is 0. The highest BCUT2D eigenvalue weighted by molar-refractivity contribution is 4.56. The predicted octanol–water partition coefficient (Wildman–Crippen LogP) is 0.150. The van der Waals surface area contributed by atoms with Gasteiger partial charge in [-0.3, -0.25) is 4.90 Å². The molecule has 0 saturated heterocycles. The molecule has 0 bridgehead atoms. The quantitative estimate of drug-likeness (QED) is 0.313. The number of rotatable bonds is 15. The molecule has 0 aliphatic heterocycles. The molecule has 0 aliphatic rings. The van der Waals surface area contributed by atoms with E-state index in [1.165, 1.54) is 0 Å². The first-order valence-corrected chi connectivity index (χ1v) is 6.27. The van der Waals surface area contributed by atoms with Crippen molar-refractivity contribution in [1.29, 1.82) is 0 Å². The third-order valence-corrected chi connectivity index (χ3v) is 2.26. The van der Waals surface area contributed by atoms with Gasteiger partial charge in [0.25, 0.3) is 0 Å². The van der Waals surface area contributed by atoms with Gasteiger partial charge in [-0.2, -0.15) is 0 Å². The lowest BCUT2D eigenvalue weighted by Gasteiger charge is -2.21. The largest absolute Gasteiger partial charge is 0.359 e. The van der Waals surface area contributed by atoms with Crippen molar-refractivity contribution in [1.82, 2.24) is 4.90 Å². The van der Waals surface area contributed by atoms with Crippen molar-refractivity contribution < 1.29 is 28.4 Å². The lowest BCUT2D eigenvalue weighted by Crippen LogP contribution is -2.34. The summed E-state index contributed by atoms with van der Waals surface area (Å²) in [6.45, 7) is 5.19. The van der Waals surface area contributed by atoms with Crippen LogP contribution in [0.5, 0.6) is 0 Å². The first-order chi connectivity index (χ1) is 9.35. The molecule has 0 amide bonds. The first-order valence-electron chi connectivity index (χ1n) is 6.27. The van der Waals surface area contributed by atoms with Gasteiger partial charge in [0.15, 0.2) is 0 Å². The molecular formula is C12H27NO6. The maximum atomic E-state index is 5.27. The van der Waals surface area contributed by atoms with Crippen LogP contribution in [0.3, 0.4) is 0 Å². The lowest BCUT2D eigenvalue weighted by molar-refractivity contribution is -0.0593. The van der Waals surface area contributed by atoms with E-state index in [4.69, 9.17) is 28.4 Å². The van der Waals surface area contributed by atoms with Crippen LogP contribution in [0, 0.1) is 0 Å². The zero-order valence-corrected chi connectivity index (χ0v) is 12.3. The summed E-state index contributed by atoms with van der Waals surface area (Å²) in [6, 6.07) is 0. The molecule has 0 unspecified atom stereocenters. The maximum absolute atomic E-state index is 5.27. The number of methoxy groups -OCH3 is 3. The molecule has 0 fully saturated rings. The molecule has 0 heterocycles. The van der Waals surface area contributed by atoms with E-state index < -0.39 is 0 Å². The van der Waals surface area contributed by atoms with E-state index in [1.54, 1.807) is 21.3 Å². The van der Waals surface area contributed by atoms with Crippen molar-refractivity contribution in [3.05, 3.63) is 0 Å². The highest BCUT2D eigenvalue weighted by Crippen LogP contribution is 1.91. The van der Waals surface area contributed by atoms with Crippen LogP contribution in [0.15, 0.2) is 0 Å². The molecule has 0 rings (SSSR count). The number of hydrogen-bond acceptors (Lipinski definition) is 7. The van der Waals surface area contributed by atoms with Crippen molar-refractivity contribution >= 4 is 0 Å². The second-order valence-corrected chi connectivity index (χ2v) is 3.79.